The van der Waals surface area contributed by atoms with Crippen LogP contribution in [0, 0.1) is 0 Å². The monoisotopic (exact) mass is 140 g/mol. The van der Waals surface area contributed by atoms with Gasteiger partial charge in [-0.1, -0.05) is 6.08 Å². The molecule has 0 radical (unpaired) electrons. The van der Waals surface area contributed by atoms with Crippen LogP contribution < -0.4 is 0 Å². The lowest BCUT2D eigenvalue weighted by Crippen LogP contribution is -1.81. The number of carbonyl (C=O) groups excluding carboxylic acids is 1. The second kappa shape index (κ2) is 2.87. The first-order chi connectivity index (χ1) is 4.29. The van der Waals surface area contributed by atoms with E-state index in [0.29, 0.717) is 0 Å². The third-order valence-electron chi connectivity index (χ3n) is 0.999. The first kappa shape index (κ1) is 6.62. The van der Waals surface area contributed by atoms with Gasteiger partial charge in [-0.15, -0.1) is 11.8 Å². The van der Waals surface area contributed by atoms with Crippen LogP contribution in [-0.2, 0) is 4.79 Å². The molecule has 1 rings (SSSR count). The molecule has 0 aliphatic carbocycles. The Morgan fingerprint density at radius 3 is 3.11 bits per heavy atom. The van der Waals surface area contributed by atoms with Crippen molar-refractivity contribution in [2.75, 3.05) is 0 Å². The van der Waals surface area contributed by atoms with Crippen LogP contribution in [0.3, 0.4) is 0 Å². The van der Waals surface area contributed by atoms with Crippen molar-refractivity contribution in [3.8, 4) is 0 Å². The summed E-state index contributed by atoms with van der Waals surface area (Å²) in [5.41, 5.74) is 0. The van der Waals surface area contributed by atoms with Crippen LogP contribution in [0.4, 0.5) is 0 Å². The van der Waals surface area contributed by atoms with E-state index < -0.39 is 0 Å². The van der Waals surface area contributed by atoms with Crippen LogP contribution in [0.25, 0.3) is 0 Å². The quantitative estimate of drug-likeness (QED) is 0.519. The van der Waals surface area contributed by atoms with Gasteiger partial charge in [-0.05, 0) is 29.7 Å². The minimum atomic E-state index is 0.140. The Morgan fingerprint density at radius 2 is 2.67 bits per heavy atom. The van der Waals surface area contributed by atoms with E-state index in [1.165, 1.54) is 0 Å². The highest BCUT2D eigenvalue weighted by Crippen LogP contribution is 2.27. The van der Waals surface area contributed by atoms with Crippen molar-refractivity contribution in [3.63, 3.8) is 0 Å². The van der Waals surface area contributed by atoms with Crippen LogP contribution >= 0.6 is 11.8 Å². The molecule has 0 atom stereocenters. The minimum Gasteiger partial charge on any atom is -0.295 e. The first-order valence-corrected chi connectivity index (χ1v) is 3.70. The normalized spacial score (nSPS) is 21.2. The van der Waals surface area contributed by atoms with Gasteiger partial charge in [0, 0.05) is 0 Å². The maximum absolute atomic E-state index is 10.5. The molecule has 0 bridgehead atoms. The summed E-state index contributed by atoms with van der Waals surface area (Å²) in [5.74, 6) is 0.140. The van der Waals surface area contributed by atoms with Gasteiger partial charge in [-0.25, -0.2) is 0 Å². The fourth-order valence-corrected chi connectivity index (χ4v) is 1.46. The van der Waals surface area contributed by atoms with Crippen molar-refractivity contribution in [1.29, 1.82) is 0 Å². The molecule has 9 heavy (non-hydrogen) atoms. The lowest BCUT2D eigenvalue weighted by molar-refractivity contribution is -0.112. The number of hydrogen-bond acceptors (Lipinski definition) is 2. The average Bonchev–Trinajstić information content (AvgIpc) is 2.15. The number of allylic oxidation sites excluding steroid dienone is 3. The zero-order chi connectivity index (χ0) is 6.69. The van der Waals surface area contributed by atoms with Crippen molar-refractivity contribution >= 4 is 17.5 Å². The topological polar surface area (TPSA) is 17.1 Å². The maximum atomic E-state index is 10.5. The summed E-state index contributed by atoms with van der Waals surface area (Å²) in [6, 6.07) is 0. The lowest BCUT2D eigenvalue weighted by atomic mass is 10.3. The molecule has 0 spiro atoms. The Labute approximate surface area is 58.8 Å². The molecular weight excluding hydrogens is 132 g/mol. The number of carbonyl (C=O) groups is 1. The fourth-order valence-electron chi connectivity index (χ4n) is 0.668. The van der Waals surface area contributed by atoms with Crippen LogP contribution in [-0.4, -0.2) is 5.78 Å². The third kappa shape index (κ3) is 2.06. The molecule has 1 nitrogen and oxygen atoms in total. The predicted octanol–water partition coefficient (Wildman–Crippen LogP) is 2.11. The summed E-state index contributed by atoms with van der Waals surface area (Å²) in [5, 5.41) is 2.01. The highest BCUT2D eigenvalue weighted by molar-refractivity contribution is 8.06. The van der Waals surface area contributed by atoms with Crippen molar-refractivity contribution < 1.29 is 4.79 Å². The highest BCUT2D eigenvalue weighted by Gasteiger charge is 2.00. The van der Waals surface area contributed by atoms with Gasteiger partial charge in [-0.3, -0.25) is 4.79 Å². The second-order valence-corrected chi connectivity index (χ2v) is 2.95. The Morgan fingerprint density at radius 1 is 1.89 bits per heavy atom. The summed E-state index contributed by atoms with van der Waals surface area (Å²) in [4.78, 5) is 11.6. The van der Waals surface area contributed by atoms with E-state index in [0.717, 1.165) is 11.3 Å². The molecule has 48 valence electrons. The van der Waals surface area contributed by atoms with Gasteiger partial charge in [0.1, 0.15) is 0 Å². The molecule has 0 fully saturated rings. The van der Waals surface area contributed by atoms with Crippen molar-refractivity contribution in [2.24, 2.45) is 0 Å². The predicted molar refractivity (Wildman–Crippen MR) is 40.1 cm³/mol. The molecule has 0 saturated carbocycles. The first-order valence-electron chi connectivity index (χ1n) is 2.82. The van der Waals surface area contributed by atoms with Crippen LogP contribution in [0.5, 0.6) is 0 Å². The fraction of sp³-hybridized carbons (Fsp3) is 0.286. The van der Waals surface area contributed by atoms with Crippen LogP contribution in [0.2, 0.25) is 0 Å². The van der Waals surface area contributed by atoms with E-state index in [4.69, 9.17) is 0 Å². The van der Waals surface area contributed by atoms with Gasteiger partial charge < -0.3 is 0 Å². The van der Waals surface area contributed by atoms with E-state index in [-0.39, 0.29) is 5.78 Å². The van der Waals surface area contributed by atoms with Gasteiger partial charge in [0.2, 0.25) is 0 Å². The van der Waals surface area contributed by atoms with Crippen molar-refractivity contribution in [3.05, 3.63) is 22.5 Å². The van der Waals surface area contributed by atoms with Gasteiger partial charge in [0.05, 0.1) is 0 Å². The van der Waals surface area contributed by atoms with E-state index in [1.54, 1.807) is 24.8 Å². The lowest BCUT2D eigenvalue weighted by Gasteiger charge is -1.88. The zero-order valence-electron chi connectivity index (χ0n) is 5.26. The Kier molecular flexibility index (Phi) is 2.11. The number of rotatable bonds is 1. The Balaban J connectivity index is 2.53. The zero-order valence-corrected chi connectivity index (χ0v) is 6.07. The van der Waals surface area contributed by atoms with Gasteiger partial charge in [0.15, 0.2) is 5.78 Å². The van der Waals surface area contributed by atoms with Crippen LogP contribution in [0.1, 0.15) is 13.3 Å². The molecular formula is C7H8OS. The summed E-state index contributed by atoms with van der Waals surface area (Å²) >= 11 is 1.63. The SMILES string of the molecule is CC(=O)C=C1CC=CS1. The minimum absolute atomic E-state index is 0.140. The molecule has 0 aromatic rings. The highest BCUT2D eigenvalue weighted by atomic mass is 32.2. The van der Waals surface area contributed by atoms with Crippen LogP contribution in [0.15, 0.2) is 22.5 Å². The molecule has 2 heteroatoms. The molecule has 0 aromatic heterocycles. The molecule has 0 saturated heterocycles. The summed E-state index contributed by atoms with van der Waals surface area (Å²) in [7, 11) is 0. The molecule has 1 heterocycles. The molecule has 1 aliphatic heterocycles. The second-order valence-electron chi connectivity index (χ2n) is 1.92. The standard InChI is InChI=1S/C7H8OS/c1-6(8)5-7-3-2-4-9-7/h2,4-5H,3H2,1H3. The maximum Gasteiger partial charge on any atom is 0.153 e. The molecule has 0 amide bonds. The van der Waals surface area contributed by atoms with Crippen molar-refractivity contribution in [2.45, 2.75) is 13.3 Å². The summed E-state index contributed by atoms with van der Waals surface area (Å²) < 4.78 is 0. The van der Waals surface area contributed by atoms with Gasteiger partial charge >= 0.3 is 0 Å². The molecule has 0 aromatic carbocycles. The Hall–Kier alpha value is -0.500. The summed E-state index contributed by atoms with van der Waals surface area (Å²) in [6.45, 7) is 1.58. The van der Waals surface area contributed by atoms with Crippen molar-refractivity contribution in [1.82, 2.24) is 0 Å². The smallest absolute Gasteiger partial charge is 0.153 e. The number of hydrogen-bond donors (Lipinski definition) is 0. The van der Waals surface area contributed by atoms with Gasteiger partial charge in [0.25, 0.3) is 0 Å². The van der Waals surface area contributed by atoms with E-state index in [1.807, 2.05) is 5.41 Å². The molecule has 1 aliphatic rings. The largest absolute Gasteiger partial charge is 0.295 e. The number of thioether (sulfide) groups is 1. The Bertz CT molecular complexity index is 169. The van der Waals surface area contributed by atoms with Gasteiger partial charge in [-0.2, -0.15) is 0 Å². The van der Waals surface area contributed by atoms with E-state index in [2.05, 4.69) is 6.08 Å². The molecule has 0 unspecified atom stereocenters. The summed E-state index contributed by atoms with van der Waals surface area (Å²) in [6.07, 6.45) is 4.67. The van der Waals surface area contributed by atoms with E-state index >= 15 is 0 Å². The third-order valence-corrected chi connectivity index (χ3v) is 1.91. The number of ketones is 1. The molecule has 0 N–H and O–H groups in total. The average molecular weight is 140 g/mol. The van der Waals surface area contributed by atoms with E-state index in [9.17, 15) is 4.79 Å².